The number of alkyl halides is 4. The minimum atomic E-state index is -4.71. The predicted octanol–water partition coefficient (Wildman–Crippen LogP) is 3.59. The third-order valence-corrected chi connectivity index (χ3v) is 7.73. The number of halogens is 5. The largest absolute Gasteiger partial charge is 0.451 e. The van der Waals surface area contributed by atoms with Gasteiger partial charge >= 0.3 is 6.18 Å². The highest BCUT2D eigenvalue weighted by Crippen LogP contribution is 2.29. The van der Waals surface area contributed by atoms with Gasteiger partial charge in [0.15, 0.2) is 0 Å². The van der Waals surface area contributed by atoms with E-state index in [2.05, 4.69) is 15.3 Å². The molecular formula is C24H18F5N5O3S. The average Bonchev–Trinajstić information content (AvgIpc) is 3.29. The van der Waals surface area contributed by atoms with Crippen LogP contribution in [0.1, 0.15) is 23.4 Å². The van der Waals surface area contributed by atoms with Crippen molar-refractivity contribution in [3.05, 3.63) is 77.6 Å². The number of hydrogen-bond acceptors (Lipinski definition) is 6. The van der Waals surface area contributed by atoms with Gasteiger partial charge in [0.2, 0.25) is 21.8 Å². The van der Waals surface area contributed by atoms with E-state index in [1.807, 2.05) is 6.07 Å². The molecule has 0 bridgehead atoms. The summed E-state index contributed by atoms with van der Waals surface area (Å²) in [6.45, 7) is -0.820. The quantitative estimate of drug-likeness (QED) is 0.468. The molecule has 1 N–H and O–H groups in total. The van der Waals surface area contributed by atoms with Crippen molar-refractivity contribution < 1.29 is 35.2 Å². The summed E-state index contributed by atoms with van der Waals surface area (Å²) in [6, 6.07) is 8.75. The fourth-order valence-corrected chi connectivity index (χ4v) is 5.58. The molecule has 1 saturated heterocycles. The maximum absolute atomic E-state index is 14.2. The molecule has 14 heteroatoms. The van der Waals surface area contributed by atoms with Crippen molar-refractivity contribution in [2.75, 3.05) is 6.54 Å². The van der Waals surface area contributed by atoms with Crippen LogP contribution in [0.4, 0.5) is 22.0 Å². The summed E-state index contributed by atoms with van der Waals surface area (Å²) >= 11 is 0. The number of carbonyl (C=O) groups excluding carboxylic acids is 1. The van der Waals surface area contributed by atoms with Gasteiger partial charge in [0.05, 0.1) is 16.5 Å². The van der Waals surface area contributed by atoms with Crippen molar-refractivity contribution >= 4 is 15.9 Å². The average molecular weight is 551 g/mol. The molecule has 0 aliphatic carbocycles. The van der Waals surface area contributed by atoms with Gasteiger partial charge in [-0.3, -0.25) is 4.79 Å². The highest BCUT2D eigenvalue weighted by molar-refractivity contribution is 7.89. The monoisotopic (exact) mass is 551 g/mol. The summed E-state index contributed by atoms with van der Waals surface area (Å²) in [5.41, 5.74) is 1.02. The van der Waals surface area contributed by atoms with E-state index in [-0.39, 0.29) is 28.1 Å². The van der Waals surface area contributed by atoms with Crippen molar-refractivity contribution in [1.82, 2.24) is 19.6 Å². The van der Waals surface area contributed by atoms with Gasteiger partial charge in [0, 0.05) is 37.5 Å². The van der Waals surface area contributed by atoms with Crippen LogP contribution in [-0.2, 0) is 27.5 Å². The molecule has 0 unspecified atom stereocenters. The fourth-order valence-electron chi connectivity index (χ4n) is 3.95. The summed E-state index contributed by atoms with van der Waals surface area (Å²) in [6.07, 6.45) is -4.79. The lowest BCUT2D eigenvalue weighted by molar-refractivity contribution is -0.145. The van der Waals surface area contributed by atoms with E-state index in [9.17, 15) is 40.4 Å². The molecule has 1 aromatic heterocycles. The zero-order chi connectivity index (χ0) is 27.7. The van der Waals surface area contributed by atoms with Gasteiger partial charge in [-0.25, -0.2) is 27.2 Å². The topological polar surface area (TPSA) is 116 Å². The Hall–Kier alpha value is -3.96. The van der Waals surface area contributed by atoms with Crippen LogP contribution in [0.2, 0.25) is 0 Å². The molecule has 2 aromatic carbocycles. The van der Waals surface area contributed by atoms with Crippen LogP contribution in [-0.4, -0.2) is 47.4 Å². The van der Waals surface area contributed by atoms with Crippen LogP contribution in [0.3, 0.4) is 0 Å². The first-order valence-electron chi connectivity index (χ1n) is 11.0. The molecule has 1 aliphatic rings. The molecule has 0 saturated carbocycles. The van der Waals surface area contributed by atoms with Crippen LogP contribution in [0.25, 0.3) is 11.1 Å². The van der Waals surface area contributed by atoms with Crippen molar-refractivity contribution in [2.45, 2.75) is 36.3 Å². The van der Waals surface area contributed by atoms with E-state index in [0.29, 0.717) is 9.87 Å². The molecule has 0 radical (unpaired) electrons. The lowest BCUT2D eigenvalue weighted by Crippen LogP contribution is -2.45. The SMILES string of the molecule is N#Cc1ccc(-c2cnc(C(F)(F)F)nc2)cc1CNC(=O)[C@@H]1C[C@@H](F)CN1S(=O)(=O)c1ccc(F)cc1. The first kappa shape index (κ1) is 27.1. The Morgan fingerprint density at radius 2 is 1.76 bits per heavy atom. The molecular weight excluding hydrogens is 533 g/mol. The first-order chi connectivity index (χ1) is 17.9. The van der Waals surface area contributed by atoms with Gasteiger partial charge < -0.3 is 5.32 Å². The smallest absolute Gasteiger partial charge is 0.351 e. The highest BCUT2D eigenvalue weighted by Gasteiger charge is 2.44. The molecule has 198 valence electrons. The van der Waals surface area contributed by atoms with E-state index in [1.54, 1.807) is 0 Å². The number of aromatic nitrogens is 2. The lowest BCUT2D eigenvalue weighted by atomic mass is 10.0. The zero-order valence-corrected chi connectivity index (χ0v) is 20.1. The number of rotatable bonds is 6. The number of hydrogen-bond donors (Lipinski definition) is 1. The molecule has 38 heavy (non-hydrogen) atoms. The standard InChI is InChI=1S/C24H18F5N5O3S/c25-18-3-5-20(6-4-18)38(36,37)34-13-19(26)8-21(34)22(35)31-10-16-7-14(1-2-15(16)9-30)17-11-32-23(33-12-17)24(27,28)29/h1-7,11-12,19,21H,8,10,13H2,(H,31,35)/t19-,21+/m1/s1. The molecule has 0 spiro atoms. The van der Waals surface area contributed by atoms with Gasteiger partial charge in [-0.05, 0) is 47.5 Å². The van der Waals surface area contributed by atoms with Gasteiger partial charge in [-0.2, -0.15) is 22.7 Å². The molecule has 1 aliphatic heterocycles. The summed E-state index contributed by atoms with van der Waals surface area (Å²) in [5, 5.41) is 11.9. The number of sulfonamides is 1. The summed E-state index contributed by atoms with van der Waals surface area (Å²) in [7, 11) is -4.32. The summed E-state index contributed by atoms with van der Waals surface area (Å²) < 4.78 is 92.4. The molecule has 1 amide bonds. The van der Waals surface area contributed by atoms with E-state index < -0.39 is 58.9 Å². The third-order valence-electron chi connectivity index (χ3n) is 5.85. The van der Waals surface area contributed by atoms with Crippen molar-refractivity contribution in [3.63, 3.8) is 0 Å². The van der Waals surface area contributed by atoms with E-state index in [4.69, 9.17) is 0 Å². The Balaban J connectivity index is 1.53. The maximum Gasteiger partial charge on any atom is 0.451 e. The molecule has 8 nitrogen and oxygen atoms in total. The van der Waals surface area contributed by atoms with Crippen LogP contribution in [0.5, 0.6) is 0 Å². The molecule has 3 aromatic rings. The number of nitriles is 1. The number of benzene rings is 2. The Morgan fingerprint density at radius 1 is 1.11 bits per heavy atom. The number of nitrogens with one attached hydrogen (secondary N) is 1. The summed E-state index contributed by atoms with van der Waals surface area (Å²) in [4.78, 5) is 19.2. The Morgan fingerprint density at radius 3 is 2.37 bits per heavy atom. The van der Waals surface area contributed by atoms with Crippen molar-refractivity contribution in [1.29, 1.82) is 5.26 Å². The number of carbonyl (C=O) groups is 1. The summed E-state index contributed by atoms with van der Waals surface area (Å²) in [5.74, 6) is -2.80. The number of nitrogens with zero attached hydrogens (tertiary/aromatic N) is 4. The first-order valence-corrected chi connectivity index (χ1v) is 12.5. The molecule has 2 atom stereocenters. The van der Waals surface area contributed by atoms with Gasteiger partial charge in [-0.15, -0.1) is 0 Å². The van der Waals surface area contributed by atoms with E-state index >= 15 is 0 Å². The third kappa shape index (κ3) is 5.63. The van der Waals surface area contributed by atoms with Gasteiger partial charge in [0.25, 0.3) is 0 Å². The molecule has 1 fully saturated rings. The minimum absolute atomic E-state index is 0.146. The lowest BCUT2D eigenvalue weighted by Gasteiger charge is -2.23. The highest BCUT2D eigenvalue weighted by atomic mass is 32.2. The van der Waals surface area contributed by atoms with Crippen molar-refractivity contribution in [3.8, 4) is 17.2 Å². The molecule has 4 rings (SSSR count). The van der Waals surface area contributed by atoms with Crippen molar-refractivity contribution in [2.24, 2.45) is 0 Å². The second-order valence-electron chi connectivity index (χ2n) is 8.37. The number of amides is 1. The van der Waals surface area contributed by atoms with E-state index in [0.717, 1.165) is 36.7 Å². The Labute approximate surface area is 213 Å². The fraction of sp³-hybridized carbons (Fsp3) is 0.250. The van der Waals surface area contributed by atoms with Crippen LogP contribution in [0.15, 0.2) is 59.8 Å². The van der Waals surface area contributed by atoms with Gasteiger partial charge in [0.1, 0.15) is 18.0 Å². The second kappa shape index (κ2) is 10.4. The Kier molecular flexibility index (Phi) is 7.43. The predicted molar refractivity (Wildman–Crippen MR) is 123 cm³/mol. The van der Waals surface area contributed by atoms with Gasteiger partial charge in [-0.1, -0.05) is 6.07 Å². The van der Waals surface area contributed by atoms with E-state index in [1.165, 1.54) is 18.2 Å². The maximum atomic E-state index is 14.2. The Bertz CT molecular complexity index is 1490. The van der Waals surface area contributed by atoms with Crippen LogP contribution >= 0.6 is 0 Å². The zero-order valence-electron chi connectivity index (χ0n) is 19.3. The van der Waals surface area contributed by atoms with Crippen LogP contribution in [0, 0.1) is 17.1 Å². The molecule has 2 heterocycles. The minimum Gasteiger partial charge on any atom is -0.351 e. The normalized spacial score (nSPS) is 18.2. The second-order valence-corrected chi connectivity index (χ2v) is 10.3. The van der Waals surface area contributed by atoms with Crippen LogP contribution < -0.4 is 5.32 Å².